The van der Waals surface area contributed by atoms with E-state index in [1.807, 2.05) is 6.92 Å². The SMILES string of the molecule is CC[C@@H](CO)NC(=O)c1cccc(Br)n1. The summed E-state index contributed by atoms with van der Waals surface area (Å²) in [5.41, 5.74) is 0.344. The van der Waals surface area contributed by atoms with Gasteiger partial charge in [0.2, 0.25) is 0 Å². The summed E-state index contributed by atoms with van der Waals surface area (Å²) in [4.78, 5) is 15.6. The van der Waals surface area contributed by atoms with Gasteiger partial charge >= 0.3 is 0 Å². The Morgan fingerprint density at radius 3 is 2.93 bits per heavy atom. The third kappa shape index (κ3) is 3.60. The first-order valence-electron chi connectivity index (χ1n) is 4.71. The quantitative estimate of drug-likeness (QED) is 0.814. The zero-order valence-electron chi connectivity index (χ0n) is 8.40. The molecule has 1 atom stereocenters. The summed E-state index contributed by atoms with van der Waals surface area (Å²) in [6.45, 7) is 1.84. The maximum atomic E-state index is 11.6. The van der Waals surface area contributed by atoms with Crippen LogP contribution in [0.2, 0.25) is 0 Å². The number of hydrogen-bond donors (Lipinski definition) is 2. The van der Waals surface area contributed by atoms with E-state index in [4.69, 9.17) is 5.11 Å². The zero-order chi connectivity index (χ0) is 11.3. The Hall–Kier alpha value is -0.940. The van der Waals surface area contributed by atoms with E-state index in [-0.39, 0.29) is 18.6 Å². The zero-order valence-corrected chi connectivity index (χ0v) is 9.99. The van der Waals surface area contributed by atoms with Gasteiger partial charge < -0.3 is 10.4 Å². The summed E-state index contributed by atoms with van der Waals surface area (Å²) in [6, 6.07) is 4.91. The van der Waals surface area contributed by atoms with Crippen molar-refractivity contribution in [1.82, 2.24) is 10.3 Å². The molecule has 0 saturated carbocycles. The Kier molecular flexibility index (Phi) is 4.71. The minimum Gasteiger partial charge on any atom is -0.394 e. The lowest BCUT2D eigenvalue weighted by atomic mass is 10.2. The molecule has 0 aliphatic carbocycles. The highest BCUT2D eigenvalue weighted by molar-refractivity contribution is 9.10. The summed E-state index contributed by atoms with van der Waals surface area (Å²) in [6.07, 6.45) is 0.691. The van der Waals surface area contributed by atoms with Crippen LogP contribution in [0.5, 0.6) is 0 Å². The molecule has 1 aromatic heterocycles. The standard InChI is InChI=1S/C10H13BrN2O2/c1-2-7(6-14)12-10(15)8-4-3-5-9(11)13-8/h3-5,7,14H,2,6H2,1H3,(H,12,15)/t7-/m0/s1. The molecule has 0 aliphatic heterocycles. The van der Waals surface area contributed by atoms with Gasteiger partial charge in [0.1, 0.15) is 10.3 Å². The number of aliphatic hydroxyl groups excluding tert-OH is 1. The molecule has 1 aromatic rings. The third-order valence-corrected chi connectivity index (χ3v) is 2.44. The molecule has 0 aromatic carbocycles. The number of aliphatic hydroxyl groups is 1. The number of pyridine rings is 1. The highest BCUT2D eigenvalue weighted by atomic mass is 79.9. The summed E-state index contributed by atoms with van der Waals surface area (Å²) >= 11 is 3.19. The van der Waals surface area contributed by atoms with Crippen molar-refractivity contribution in [3.8, 4) is 0 Å². The van der Waals surface area contributed by atoms with Crippen molar-refractivity contribution in [2.45, 2.75) is 19.4 Å². The highest BCUT2D eigenvalue weighted by Crippen LogP contribution is 2.06. The lowest BCUT2D eigenvalue weighted by molar-refractivity contribution is 0.0909. The van der Waals surface area contributed by atoms with Crippen molar-refractivity contribution in [2.24, 2.45) is 0 Å². The molecule has 0 spiro atoms. The van der Waals surface area contributed by atoms with Crippen molar-refractivity contribution >= 4 is 21.8 Å². The van der Waals surface area contributed by atoms with Gasteiger partial charge in [-0.15, -0.1) is 0 Å². The van der Waals surface area contributed by atoms with Crippen molar-refractivity contribution in [1.29, 1.82) is 0 Å². The van der Waals surface area contributed by atoms with Gasteiger partial charge in [-0.2, -0.15) is 0 Å². The number of nitrogens with zero attached hydrogens (tertiary/aromatic N) is 1. The topological polar surface area (TPSA) is 62.2 Å². The van der Waals surface area contributed by atoms with E-state index in [0.717, 1.165) is 0 Å². The van der Waals surface area contributed by atoms with Gasteiger partial charge in [0.15, 0.2) is 0 Å². The van der Waals surface area contributed by atoms with Crippen LogP contribution in [-0.2, 0) is 0 Å². The number of halogens is 1. The van der Waals surface area contributed by atoms with Crippen LogP contribution in [0.4, 0.5) is 0 Å². The number of carbonyl (C=O) groups is 1. The molecule has 82 valence electrons. The Balaban J connectivity index is 2.68. The van der Waals surface area contributed by atoms with Gasteiger partial charge in [-0.25, -0.2) is 4.98 Å². The van der Waals surface area contributed by atoms with Crippen LogP contribution in [0, 0.1) is 0 Å². The monoisotopic (exact) mass is 272 g/mol. The molecule has 0 saturated heterocycles. The predicted molar refractivity (Wildman–Crippen MR) is 60.6 cm³/mol. The van der Waals surface area contributed by atoms with Gasteiger partial charge in [-0.05, 0) is 34.5 Å². The van der Waals surface area contributed by atoms with Crippen molar-refractivity contribution in [2.75, 3.05) is 6.61 Å². The van der Waals surface area contributed by atoms with Gasteiger partial charge in [-0.1, -0.05) is 13.0 Å². The molecule has 0 radical (unpaired) electrons. The summed E-state index contributed by atoms with van der Waals surface area (Å²) in [7, 11) is 0. The fourth-order valence-electron chi connectivity index (χ4n) is 1.07. The maximum Gasteiger partial charge on any atom is 0.270 e. The number of nitrogens with one attached hydrogen (secondary N) is 1. The van der Waals surface area contributed by atoms with Crippen molar-refractivity contribution in [3.05, 3.63) is 28.5 Å². The van der Waals surface area contributed by atoms with E-state index in [2.05, 4.69) is 26.2 Å². The van der Waals surface area contributed by atoms with Crippen LogP contribution < -0.4 is 5.32 Å². The average Bonchev–Trinajstić information content (AvgIpc) is 2.25. The maximum absolute atomic E-state index is 11.6. The number of rotatable bonds is 4. The van der Waals surface area contributed by atoms with Crippen LogP contribution in [0.3, 0.4) is 0 Å². The van der Waals surface area contributed by atoms with Crippen molar-refractivity contribution in [3.63, 3.8) is 0 Å². The molecule has 1 heterocycles. The summed E-state index contributed by atoms with van der Waals surface area (Å²) in [5.74, 6) is -0.266. The van der Waals surface area contributed by atoms with E-state index in [9.17, 15) is 4.79 Å². The summed E-state index contributed by atoms with van der Waals surface area (Å²) < 4.78 is 0.618. The highest BCUT2D eigenvalue weighted by Gasteiger charge is 2.12. The van der Waals surface area contributed by atoms with Gasteiger partial charge in [-0.3, -0.25) is 4.79 Å². The Labute approximate surface area is 96.8 Å². The molecule has 0 fully saturated rings. The molecule has 1 rings (SSSR count). The Morgan fingerprint density at radius 1 is 1.67 bits per heavy atom. The minimum absolute atomic E-state index is 0.0593. The number of hydrogen-bond acceptors (Lipinski definition) is 3. The molecule has 5 heteroatoms. The molecule has 2 N–H and O–H groups in total. The number of carbonyl (C=O) groups excluding carboxylic acids is 1. The lowest BCUT2D eigenvalue weighted by Crippen LogP contribution is -2.37. The van der Waals surface area contributed by atoms with Crippen LogP contribution >= 0.6 is 15.9 Å². The van der Waals surface area contributed by atoms with E-state index < -0.39 is 0 Å². The largest absolute Gasteiger partial charge is 0.394 e. The fourth-order valence-corrected chi connectivity index (χ4v) is 1.41. The molecular weight excluding hydrogens is 260 g/mol. The Bertz CT molecular complexity index is 340. The molecule has 1 amide bonds. The molecule has 0 aliphatic rings. The van der Waals surface area contributed by atoms with E-state index in [1.54, 1.807) is 18.2 Å². The fraction of sp³-hybridized carbons (Fsp3) is 0.400. The first-order chi connectivity index (χ1) is 7.17. The second-order valence-electron chi connectivity index (χ2n) is 3.11. The third-order valence-electron chi connectivity index (χ3n) is 2.00. The summed E-state index contributed by atoms with van der Waals surface area (Å²) in [5, 5.41) is 11.6. The van der Waals surface area contributed by atoms with Gasteiger partial charge in [0.05, 0.1) is 12.6 Å². The van der Waals surface area contributed by atoms with Crippen molar-refractivity contribution < 1.29 is 9.90 Å². The second-order valence-corrected chi connectivity index (χ2v) is 3.92. The number of aromatic nitrogens is 1. The smallest absolute Gasteiger partial charge is 0.270 e. The average molecular weight is 273 g/mol. The molecule has 0 bridgehead atoms. The Morgan fingerprint density at radius 2 is 2.40 bits per heavy atom. The van der Waals surface area contributed by atoms with Crippen LogP contribution in [0.15, 0.2) is 22.8 Å². The van der Waals surface area contributed by atoms with E-state index >= 15 is 0 Å². The van der Waals surface area contributed by atoms with Crippen LogP contribution in [-0.4, -0.2) is 28.6 Å². The lowest BCUT2D eigenvalue weighted by Gasteiger charge is -2.13. The normalized spacial score (nSPS) is 12.2. The van der Waals surface area contributed by atoms with Gasteiger partial charge in [0.25, 0.3) is 5.91 Å². The molecule has 4 nitrogen and oxygen atoms in total. The van der Waals surface area contributed by atoms with Crippen LogP contribution in [0.1, 0.15) is 23.8 Å². The van der Waals surface area contributed by atoms with Gasteiger partial charge in [0, 0.05) is 0 Å². The van der Waals surface area contributed by atoms with E-state index in [0.29, 0.717) is 16.7 Å². The molecule has 0 unspecified atom stereocenters. The second kappa shape index (κ2) is 5.82. The first kappa shape index (κ1) is 12.1. The molecule has 15 heavy (non-hydrogen) atoms. The number of amides is 1. The van der Waals surface area contributed by atoms with Crippen LogP contribution in [0.25, 0.3) is 0 Å². The minimum atomic E-state index is -0.266. The first-order valence-corrected chi connectivity index (χ1v) is 5.51. The predicted octanol–water partition coefficient (Wildman–Crippen LogP) is 1.34. The molecular formula is C10H13BrN2O2. The van der Waals surface area contributed by atoms with E-state index in [1.165, 1.54) is 0 Å².